The van der Waals surface area contributed by atoms with Gasteiger partial charge in [0.2, 0.25) is 5.91 Å². The molecule has 0 saturated carbocycles. The molecule has 8 heteroatoms. The Bertz CT molecular complexity index is 1170. The van der Waals surface area contributed by atoms with Gasteiger partial charge in [-0.3, -0.25) is 9.10 Å². The first-order valence-electron chi connectivity index (χ1n) is 10.7. The van der Waals surface area contributed by atoms with E-state index in [-0.39, 0.29) is 18.0 Å². The first-order chi connectivity index (χ1) is 15.9. The maximum absolute atomic E-state index is 13.4. The Hall–Kier alpha value is -3.52. The van der Waals surface area contributed by atoms with Crippen molar-refractivity contribution < 1.29 is 22.7 Å². The highest BCUT2D eigenvalue weighted by Gasteiger charge is 2.29. The van der Waals surface area contributed by atoms with Crippen molar-refractivity contribution in [1.82, 2.24) is 5.32 Å². The van der Waals surface area contributed by atoms with Gasteiger partial charge in [0, 0.05) is 0 Å². The second-order valence-electron chi connectivity index (χ2n) is 7.24. The Kier molecular flexibility index (Phi) is 8.32. The number of amides is 1. The van der Waals surface area contributed by atoms with Crippen LogP contribution in [0.5, 0.6) is 11.5 Å². The van der Waals surface area contributed by atoms with Crippen molar-refractivity contribution in [3.05, 3.63) is 84.4 Å². The lowest BCUT2D eigenvalue weighted by atomic mass is 10.2. The number of ether oxygens (including phenoxy) is 2. The third kappa shape index (κ3) is 6.49. The predicted octanol–water partition coefficient (Wildman–Crippen LogP) is 3.78. The minimum absolute atomic E-state index is 0.0897. The van der Waals surface area contributed by atoms with Gasteiger partial charge in [-0.1, -0.05) is 42.5 Å². The van der Waals surface area contributed by atoms with Gasteiger partial charge in [-0.05, 0) is 55.8 Å². The fourth-order valence-electron chi connectivity index (χ4n) is 3.21. The van der Waals surface area contributed by atoms with Gasteiger partial charge in [-0.15, -0.1) is 0 Å². The topological polar surface area (TPSA) is 84.9 Å². The van der Waals surface area contributed by atoms with E-state index in [0.717, 1.165) is 9.87 Å². The third-order valence-corrected chi connectivity index (χ3v) is 6.51. The number of carbonyl (C=O) groups is 1. The fraction of sp³-hybridized carbons (Fsp3) is 0.240. The Labute approximate surface area is 195 Å². The molecule has 0 aliphatic heterocycles. The number of hydrogen-bond acceptors (Lipinski definition) is 5. The van der Waals surface area contributed by atoms with E-state index < -0.39 is 22.5 Å². The van der Waals surface area contributed by atoms with Gasteiger partial charge in [0.25, 0.3) is 10.0 Å². The molecule has 3 aromatic carbocycles. The minimum Gasteiger partial charge on any atom is -0.492 e. The van der Waals surface area contributed by atoms with E-state index in [2.05, 4.69) is 5.32 Å². The summed E-state index contributed by atoms with van der Waals surface area (Å²) in [5.41, 5.74) is 1.38. The zero-order chi connectivity index (χ0) is 23.7. The van der Waals surface area contributed by atoms with Crippen LogP contribution in [0.15, 0.2) is 83.8 Å². The fourth-order valence-corrected chi connectivity index (χ4v) is 4.66. The molecule has 174 valence electrons. The summed E-state index contributed by atoms with van der Waals surface area (Å²) in [6, 6.07) is 22.4. The minimum atomic E-state index is -4.01. The normalized spacial score (nSPS) is 11.0. The van der Waals surface area contributed by atoms with Crippen molar-refractivity contribution in [1.29, 1.82) is 0 Å². The first-order valence-corrected chi connectivity index (χ1v) is 12.1. The maximum atomic E-state index is 13.4. The molecule has 0 radical (unpaired) electrons. The number of carbonyl (C=O) groups excluding carboxylic acids is 1. The molecule has 0 unspecified atom stereocenters. The number of nitrogens with one attached hydrogen (secondary N) is 1. The van der Waals surface area contributed by atoms with Gasteiger partial charge in [-0.2, -0.15) is 0 Å². The standard InChI is InChI=1S/C25H28N2O5S/c1-3-31-24-15-8-7-14-23(24)27(33(29,30)22-12-5-4-6-13-22)19-25(28)26-16-17-32-21-11-9-10-20(2)18-21/h4-15,18H,3,16-17,19H2,1-2H3,(H,26,28). The van der Waals surface area contributed by atoms with Crippen LogP contribution in [-0.2, 0) is 14.8 Å². The molecule has 0 atom stereocenters. The van der Waals surface area contributed by atoms with E-state index in [1.807, 2.05) is 38.1 Å². The summed E-state index contributed by atoms with van der Waals surface area (Å²) in [5, 5.41) is 2.73. The highest BCUT2D eigenvalue weighted by Crippen LogP contribution is 2.32. The Morgan fingerprint density at radius 1 is 0.939 bits per heavy atom. The summed E-state index contributed by atoms with van der Waals surface area (Å²) in [4.78, 5) is 12.8. The van der Waals surface area contributed by atoms with Crippen molar-refractivity contribution in [2.45, 2.75) is 18.7 Å². The molecule has 0 bridgehead atoms. The number of para-hydroxylation sites is 2. The smallest absolute Gasteiger partial charge is 0.264 e. The van der Waals surface area contributed by atoms with Crippen molar-refractivity contribution >= 4 is 21.6 Å². The van der Waals surface area contributed by atoms with E-state index in [9.17, 15) is 13.2 Å². The van der Waals surface area contributed by atoms with Crippen molar-refractivity contribution in [3.63, 3.8) is 0 Å². The van der Waals surface area contributed by atoms with Crippen molar-refractivity contribution in [3.8, 4) is 11.5 Å². The molecule has 0 fully saturated rings. The van der Waals surface area contributed by atoms with Crippen LogP contribution in [-0.4, -0.2) is 40.6 Å². The summed E-state index contributed by atoms with van der Waals surface area (Å²) in [7, 11) is -4.01. The van der Waals surface area contributed by atoms with Gasteiger partial charge in [-0.25, -0.2) is 8.42 Å². The zero-order valence-corrected chi connectivity index (χ0v) is 19.5. The molecule has 1 N–H and O–H groups in total. The molecule has 33 heavy (non-hydrogen) atoms. The molecule has 1 amide bonds. The molecule has 0 aromatic heterocycles. The summed E-state index contributed by atoms with van der Waals surface area (Å²) >= 11 is 0. The van der Waals surface area contributed by atoms with Crippen LogP contribution in [0.3, 0.4) is 0 Å². The molecule has 3 aromatic rings. The Morgan fingerprint density at radius 3 is 2.39 bits per heavy atom. The van der Waals surface area contributed by atoms with Crippen LogP contribution in [0.4, 0.5) is 5.69 Å². The number of anilines is 1. The predicted molar refractivity (Wildman–Crippen MR) is 128 cm³/mol. The number of nitrogens with zero attached hydrogens (tertiary/aromatic N) is 1. The monoisotopic (exact) mass is 468 g/mol. The largest absolute Gasteiger partial charge is 0.492 e. The molecular weight excluding hydrogens is 440 g/mol. The van der Waals surface area contributed by atoms with Gasteiger partial charge >= 0.3 is 0 Å². The van der Waals surface area contributed by atoms with Crippen molar-refractivity contribution in [2.24, 2.45) is 0 Å². The Balaban J connectivity index is 1.75. The molecule has 0 heterocycles. The summed E-state index contributed by atoms with van der Waals surface area (Å²) in [6.07, 6.45) is 0. The van der Waals surface area contributed by atoms with E-state index in [4.69, 9.17) is 9.47 Å². The van der Waals surface area contributed by atoms with Crippen LogP contribution in [0.25, 0.3) is 0 Å². The Morgan fingerprint density at radius 2 is 1.67 bits per heavy atom. The summed E-state index contributed by atoms with van der Waals surface area (Å²) in [5.74, 6) is 0.645. The molecule has 0 aliphatic rings. The molecular formula is C25H28N2O5S. The van der Waals surface area contributed by atoms with Gasteiger partial charge in [0.05, 0.1) is 23.7 Å². The van der Waals surface area contributed by atoms with Crippen LogP contribution in [0.1, 0.15) is 12.5 Å². The molecule has 0 aliphatic carbocycles. The lowest BCUT2D eigenvalue weighted by molar-refractivity contribution is -0.119. The highest BCUT2D eigenvalue weighted by atomic mass is 32.2. The van der Waals surface area contributed by atoms with E-state index in [0.29, 0.717) is 23.8 Å². The maximum Gasteiger partial charge on any atom is 0.264 e. The summed E-state index contributed by atoms with van der Waals surface area (Å²) < 4.78 is 39.2. The van der Waals surface area contributed by atoms with Gasteiger partial charge < -0.3 is 14.8 Å². The number of sulfonamides is 1. The van der Waals surface area contributed by atoms with Crippen LogP contribution < -0.4 is 19.1 Å². The first kappa shape index (κ1) is 24.1. The zero-order valence-electron chi connectivity index (χ0n) is 18.7. The van der Waals surface area contributed by atoms with Crippen LogP contribution in [0.2, 0.25) is 0 Å². The van der Waals surface area contributed by atoms with Crippen LogP contribution in [0, 0.1) is 6.92 Å². The van der Waals surface area contributed by atoms with Gasteiger partial charge in [0.1, 0.15) is 24.7 Å². The average molecular weight is 469 g/mol. The number of hydrogen-bond donors (Lipinski definition) is 1. The number of aryl methyl sites for hydroxylation is 1. The summed E-state index contributed by atoms with van der Waals surface area (Å²) in [6.45, 7) is 4.24. The second-order valence-corrected chi connectivity index (χ2v) is 9.10. The quantitative estimate of drug-likeness (QED) is 0.433. The number of rotatable bonds is 11. The van der Waals surface area contributed by atoms with Crippen molar-refractivity contribution in [2.75, 3.05) is 30.6 Å². The second kappa shape index (κ2) is 11.4. The molecule has 0 spiro atoms. The highest BCUT2D eigenvalue weighted by molar-refractivity contribution is 7.92. The molecule has 3 rings (SSSR count). The van der Waals surface area contributed by atoms with E-state index in [1.165, 1.54) is 12.1 Å². The SMILES string of the molecule is CCOc1ccccc1N(CC(=O)NCCOc1cccc(C)c1)S(=O)(=O)c1ccccc1. The molecule has 0 saturated heterocycles. The van der Waals surface area contributed by atoms with E-state index >= 15 is 0 Å². The third-order valence-electron chi connectivity index (χ3n) is 4.73. The lowest BCUT2D eigenvalue weighted by Gasteiger charge is -2.26. The lowest BCUT2D eigenvalue weighted by Crippen LogP contribution is -2.42. The van der Waals surface area contributed by atoms with E-state index in [1.54, 1.807) is 42.5 Å². The van der Waals surface area contributed by atoms with Crippen LogP contribution >= 0.6 is 0 Å². The average Bonchev–Trinajstić information content (AvgIpc) is 2.82. The van der Waals surface area contributed by atoms with Gasteiger partial charge in [0.15, 0.2) is 0 Å². The number of benzene rings is 3. The molecule has 7 nitrogen and oxygen atoms in total.